The van der Waals surface area contributed by atoms with E-state index in [1.807, 2.05) is 27.2 Å². The van der Waals surface area contributed by atoms with Gasteiger partial charge in [-0.05, 0) is 20.8 Å². The average Bonchev–Trinajstić information content (AvgIpc) is 2.98. The minimum Gasteiger partial charge on any atom is -0.370 e. The fourth-order valence-electron chi connectivity index (χ4n) is 2.30. The first-order chi connectivity index (χ1) is 10.1. The van der Waals surface area contributed by atoms with Crippen molar-refractivity contribution in [1.82, 2.24) is 29.3 Å². The van der Waals surface area contributed by atoms with Crippen molar-refractivity contribution in [3.05, 3.63) is 29.7 Å². The summed E-state index contributed by atoms with van der Waals surface area (Å²) in [5, 5.41) is 8.49. The molecular formula is C14H19N7. The number of nitrogens with zero attached hydrogens (tertiary/aromatic N) is 6. The average molecular weight is 285 g/mol. The molecule has 1 N–H and O–H groups in total. The van der Waals surface area contributed by atoms with Crippen LogP contribution in [0, 0.1) is 13.8 Å². The first-order valence-corrected chi connectivity index (χ1v) is 7.01. The largest absolute Gasteiger partial charge is 0.370 e. The second-order valence-electron chi connectivity index (χ2n) is 5.07. The van der Waals surface area contributed by atoms with E-state index in [9.17, 15) is 0 Å². The number of rotatable bonds is 4. The number of hydrogen-bond acceptors (Lipinski definition) is 5. The van der Waals surface area contributed by atoms with Crippen LogP contribution in [0.3, 0.4) is 0 Å². The van der Waals surface area contributed by atoms with Crippen molar-refractivity contribution >= 4 is 16.9 Å². The quantitative estimate of drug-likeness (QED) is 0.789. The van der Waals surface area contributed by atoms with Gasteiger partial charge < -0.3 is 9.88 Å². The lowest BCUT2D eigenvalue weighted by Gasteiger charge is -2.09. The zero-order valence-electron chi connectivity index (χ0n) is 12.8. The van der Waals surface area contributed by atoms with Crippen LogP contribution >= 0.6 is 0 Å². The molecule has 3 rings (SSSR count). The molecule has 110 valence electrons. The van der Waals surface area contributed by atoms with Gasteiger partial charge in [-0.2, -0.15) is 5.10 Å². The van der Waals surface area contributed by atoms with Gasteiger partial charge in [-0.1, -0.05) is 0 Å². The minimum atomic E-state index is 0.603. The monoisotopic (exact) mass is 285 g/mol. The maximum Gasteiger partial charge on any atom is 0.163 e. The van der Waals surface area contributed by atoms with Crippen molar-refractivity contribution in [1.29, 1.82) is 0 Å². The number of hydrogen-bond donors (Lipinski definition) is 1. The Morgan fingerprint density at radius 2 is 2.05 bits per heavy atom. The number of aryl methyl sites for hydroxylation is 2. The van der Waals surface area contributed by atoms with Crippen molar-refractivity contribution in [2.24, 2.45) is 7.05 Å². The van der Waals surface area contributed by atoms with Crippen LogP contribution in [0.4, 0.5) is 5.82 Å². The van der Waals surface area contributed by atoms with Gasteiger partial charge in [0, 0.05) is 19.3 Å². The number of aromatic nitrogens is 6. The summed E-state index contributed by atoms with van der Waals surface area (Å²) in [6.45, 7) is 7.51. The molecule has 3 heterocycles. The number of nitrogens with one attached hydrogen (secondary N) is 1. The summed E-state index contributed by atoms with van der Waals surface area (Å²) in [5.74, 6) is 1.59. The van der Waals surface area contributed by atoms with Crippen LogP contribution in [-0.2, 0) is 13.6 Å². The van der Waals surface area contributed by atoms with E-state index in [0.29, 0.717) is 6.54 Å². The zero-order chi connectivity index (χ0) is 15.0. The molecule has 0 aliphatic carbocycles. The van der Waals surface area contributed by atoms with E-state index in [2.05, 4.69) is 36.9 Å². The molecule has 0 saturated heterocycles. The van der Waals surface area contributed by atoms with Crippen LogP contribution in [0.25, 0.3) is 11.0 Å². The predicted molar refractivity (Wildman–Crippen MR) is 81.3 cm³/mol. The van der Waals surface area contributed by atoms with Crippen LogP contribution in [0.2, 0.25) is 0 Å². The zero-order valence-corrected chi connectivity index (χ0v) is 12.8. The molecule has 0 fully saturated rings. The van der Waals surface area contributed by atoms with Gasteiger partial charge in [-0.15, -0.1) is 0 Å². The molecule has 0 unspecified atom stereocenters. The summed E-state index contributed by atoms with van der Waals surface area (Å²) in [6.07, 6.45) is 3.62. The Hall–Kier alpha value is -2.44. The molecule has 0 amide bonds. The summed E-state index contributed by atoms with van der Waals surface area (Å²) < 4.78 is 3.83. The third-order valence-corrected chi connectivity index (χ3v) is 3.64. The molecule has 0 radical (unpaired) electrons. The minimum absolute atomic E-state index is 0.603. The van der Waals surface area contributed by atoms with Crippen LogP contribution in [0.5, 0.6) is 0 Å². The Morgan fingerprint density at radius 1 is 1.24 bits per heavy atom. The smallest absolute Gasteiger partial charge is 0.163 e. The van der Waals surface area contributed by atoms with Crippen molar-refractivity contribution < 1.29 is 0 Å². The molecule has 0 bridgehead atoms. The number of imidazole rings is 1. The Bertz CT molecular complexity index is 784. The summed E-state index contributed by atoms with van der Waals surface area (Å²) in [6, 6.07) is 0. The van der Waals surface area contributed by atoms with E-state index >= 15 is 0 Å². The molecule has 7 heteroatoms. The number of anilines is 1. The fourth-order valence-corrected chi connectivity index (χ4v) is 2.30. The summed E-state index contributed by atoms with van der Waals surface area (Å²) in [7, 11) is 1.89. The SMILES string of the molecule is CCNc1nc(Cn2cnc(C)c2C)nc2c1cnn2C. The second kappa shape index (κ2) is 5.16. The molecule has 7 nitrogen and oxygen atoms in total. The molecular weight excluding hydrogens is 266 g/mol. The van der Waals surface area contributed by atoms with Crippen LogP contribution in [0.1, 0.15) is 24.1 Å². The molecule has 0 aromatic carbocycles. The van der Waals surface area contributed by atoms with Gasteiger partial charge in [0.15, 0.2) is 11.5 Å². The van der Waals surface area contributed by atoms with Gasteiger partial charge >= 0.3 is 0 Å². The highest BCUT2D eigenvalue weighted by Crippen LogP contribution is 2.20. The fraction of sp³-hybridized carbons (Fsp3) is 0.429. The lowest BCUT2D eigenvalue weighted by Crippen LogP contribution is -2.09. The molecule has 0 saturated carbocycles. The third-order valence-electron chi connectivity index (χ3n) is 3.64. The van der Waals surface area contributed by atoms with Gasteiger partial charge in [0.05, 0.1) is 30.1 Å². The van der Waals surface area contributed by atoms with Crippen LogP contribution in [0.15, 0.2) is 12.5 Å². The first kappa shape index (κ1) is 13.5. The summed E-state index contributed by atoms with van der Waals surface area (Å²) in [4.78, 5) is 13.6. The van der Waals surface area contributed by atoms with Crippen molar-refractivity contribution in [2.45, 2.75) is 27.3 Å². The van der Waals surface area contributed by atoms with Gasteiger partial charge in [-0.25, -0.2) is 15.0 Å². The van der Waals surface area contributed by atoms with E-state index in [4.69, 9.17) is 0 Å². The lowest BCUT2D eigenvalue weighted by atomic mass is 10.3. The highest BCUT2D eigenvalue weighted by atomic mass is 15.3. The second-order valence-corrected chi connectivity index (χ2v) is 5.07. The van der Waals surface area contributed by atoms with E-state index in [-0.39, 0.29) is 0 Å². The van der Waals surface area contributed by atoms with Gasteiger partial charge in [0.2, 0.25) is 0 Å². The van der Waals surface area contributed by atoms with E-state index in [0.717, 1.165) is 40.6 Å². The van der Waals surface area contributed by atoms with Gasteiger partial charge in [0.1, 0.15) is 5.82 Å². The predicted octanol–water partition coefficient (Wildman–Crippen LogP) is 1.66. The Balaban J connectivity index is 2.05. The van der Waals surface area contributed by atoms with Gasteiger partial charge in [-0.3, -0.25) is 4.68 Å². The normalized spacial score (nSPS) is 11.2. The highest BCUT2D eigenvalue weighted by Gasteiger charge is 2.12. The molecule has 3 aromatic heterocycles. The third kappa shape index (κ3) is 2.35. The molecule has 0 aliphatic rings. The van der Waals surface area contributed by atoms with E-state index < -0.39 is 0 Å². The summed E-state index contributed by atoms with van der Waals surface area (Å²) >= 11 is 0. The van der Waals surface area contributed by atoms with Crippen LogP contribution in [-0.4, -0.2) is 35.8 Å². The van der Waals surface area contributed by atoms with E-state index in [1.165, 1.54) is 0 Å². The highest BCUT2D eigenvalue weighted by molar-refractivity contribution is 5.86. The van der Waals surface area contributed by atoms with Gasteiger partial charge in [0.25, 0.3) is 0 Å². The summed E-state index contributed by atoms with van der Waals surface area (Å²) in [5.41, 5.74) is 3.00. The maximum absolute atomic E-state index is 4.63. The first-order valence-electron chi connectivity index (χ1n) is 7.01. The van der Waals surface area contributed by atoms with Crippen molar-refractivity contribution in [2.75, 3.05) is 11.9 Å². The lowest BCUT2D eigenvalue weighted by molar-refractivity contribution is 0.718. The van der Waals surface area contributed by atoms with Crippen LogP contribution < -0.4 is 5.32 Å². The molecule has 21 heavy (non-hydrogen) atoms. The van der Waals surface area contributed by atoms with E-state index in [1.54, 1.807) is 10.9 Å². The Morgan fingerprint density at radius 3 is 2.71 bits per heavy atom. The Labute approximate surface area is 123 Å². The Kier molecular flexibility index (Phi) is 3.32. The molecule has 0 atom stereocenters. The molecule has 0 spiro atoms. The molecule has 0 aliphatic heterocycles. The topological polar surface area (TPSA) is 73.5 Å². The standard InChI is InChI=1S/C14H19N7/c1-5-15-13-11-6-17-20(4)14(11)19-12(18-13)7-21-8-16-9(2)10(21)3/h6,8H,5,7H2,1-4H3,(H,15,18,19). The molecule has 3 aromatic rings. The van der Waals surface area contributed by atoms with Crippen molar-refractivity contribution in [3.63, 3.8) is 0 Å². The maximum atomic E-state index is 4.63. The number of fused-ring (bicyclic) bond motifs is 1. The van der Waals surface area contributed by atoms with Crippen molar-refractivity contribution in [3.8, 4) is 0 Å².